The first kappa shape index (κ1) is 17.9. The number of rotatable bonds is 2. The normalized spacial score (nSPS) is 29.1. The van der Waals surface area contributed by atoms with Gasteiger partial charge in [0, 0.05) is 18.3 Å². The van der Waals surface area contributed by atoms with E-state index in [9.17, 15) is 9.18 Å². The minimum Gasteiger partial charge on any atom is -0.362 e. The van der Waals surface area contributed by atoms with Crippen molar-refractivity contribution in [2.45, 2.75) is 63.0 Å². The van der Waals surface area contributed by atoms with Crippen LogP contribution in [0.1, 0.15) is 51.4 Å². The Balaban J connectivity index is 1.49. The van der Waals surface area contributed by atoms with Crippen LogP contribution in [0.15, 0.2) is 24.3 Å². The smallest absolute Gasteiger partial charge is 0.253 e. The highest BCUT2D eigenvalue weighted by atomic mass is 19.1. The van der Waals surface area contributed by atoms with Crippen molar-refractivity contribution in [3.05, 3.63) is 30.1 Å². The highest BCUT2D eigenvalue weighted by molar-refractivity contribution is 5.95. The van der Waals surface area contributed by atoms with Crippen molar-refractivity contribution in [3.63, 3.8) is 0 Å². The van der Waals surface area contributed by atoms with Gasteiger partial charge in [-0.25, -0.2) is 4.39 Å². The largest absolute Gasteiger partial charge is 0.362 e. The molecule has 1 spiro atoms. The second-order valence-corrected chi connectivity index (χ2v) is 8.15. The quantitative estimate of drug-likeness (QED) is 0.753. The van der Waals surface area contributed by atoms with Gasteiger partial charge in [0.05, 0.1) is 12.1 Å². The molecule has 0 aromatic heterocycles. The van der Waals surface area contributed by atoms with Crippen LogP contribution in [-0.4, -0.2) is 48.7 Å². The molecule has 0 bridgehead atoms. The second kappa shape index (κ2) is 7.65. The topological polar surface area (TPSA) is 32.8 Å². The Hall–Kier alpha value is -1.46. The lowest BCUT2D eigenvalue weighted by Crippen LogP contribution is -2.62. The first-order chi connectivity index (χ1) is 12.7. The maximum atomic E-state index is 13.3. The third-order valence-corrected chi connectivity index (χ3v) is 6.30. The van der Waals surface area contributed by atoms with Crippen LogP contribution >= 0.6 is 0 Å². The molecular formula is C21H29FN2O2. The Kier molecular flexibility index (Phi) is 5.28. The van der Waals surface area contributed by atoms with Crippen LogP contribution < -0.4 is 4.90 Å². The minimum atomic E-state index is -0.285. The Bertz CT molecular complexity index is 627. The number of halogens is 1. The SMILES string of the molecule is O=C1COC2(CCCN(C3CCCCCC3)C2)CN1c1ccc(F)cc1. The summed E-state index contributed by atoms with van der Waals surface area (Å²) in [5, 5.41) is 0. The predicted octanol–water partition coefficient (Wildman–Crippen LogP) is 3.75. The number of carbonyl (C=O) groups excluding carboxylic acids is 1. The number of benzene rings is 1. The van der Waals surface area contributed by atoms with Crippen molar-refractivity contribution >= 4 is 11.6 Å². The van der Waals surface area contributed by atoms with E-state index >= 15 is 0 Å². The molecule has 4 rings (SSSR count). The number of likely N-dealkylation sites (tertiary alicyclic amines) is 1. The zero-order valence-corrected chi connectivity index (χ0v) is 15.5. The van der Waals surface area contributed by atoms with E-state index < -0.39 is 0 Å². The fourth-order valence-electron chi connectivity index (χ4n) is 4.89. The van der Waals surface area contributed by atoms with Crippen molar-refractivity contribution in [1.82, 2.24) is 4.90 Å². The molecule has 5 heteroatoms. The van der Waals surface area contributed by atoms with Crippen molar-refractivity contribution < 1.29 is 13.9 Å². The van der Waals surface area contributed by atoms with Crippen LogP contribution in [0.4, 0.5) is 10.1 Å². The average Bonchev–Trinajstić information content (AvgIpc) is 2.95. The van der Waals surface area contributed by atoms with E-state index in [-0.39, 0.29) is 23.9 Å². The molecule has 1 saturated carbocycles. The van der Waals surface area contributed by atoms with Gasteiger partial charge in [-0.05, 0) is 56.5 Å². The second-order valence-electron chi connectivity index (χ2n) is 8.15. The Labute approximate surface area is 155 Å². The van der Waals surface area contributed by atoms with Crippen molar-refractivity contribution in [2.75, 3.05) is 31.1 Å². The van der Waals surface area contributed by atoms with Crippen molar-refractivity contribution in [1.29, 1.82) is 0 Å². The Morgan fingerprint density at radius 3 is 2.46 bits per heavy atom. The lowest BCUT2D eigenvalue weighted by atomic mass is 9.88. The number of ether oxygens (including phenoxy) is 1. The standard InChI is InChI=1S/C21H29FN2O2/c22-17-8-10-19(11-9-17)24-16-21(26-14-20(24)25)12-5-13-23(15-21)18-6-3-1-2-4-7-18/h8-11,18H,1-7,12-16H2. The molecular weight excluding hydrogens is 331 g/mol. The Morgan fingerprint density at radius 1 is 1.00 bits per heavy atom. The first-order valence-electron chi connectivity index (χ1n) is 10.1. The molecule has 1 unspecified atom stereocenters. The summed E-state index contributed by atoms with van der Waals surface area (Å²) < 4.78 is 19.4. The van der Waals surface area contributed by atoms with Gasteiger partial charge in [0.2, 0.25) is 0 Å². The summed E-state index contributed by atoms with van der Waals surface area (Å²) in [6.07, 6.45) is 10.1. The molecule has 0 N–H and O–H groups in total. The van der Waals surface area contributed by atoms with Crippen LogP contribution in [0.5, 0.6) is 0 Å². The number of anilines is 1. The van der Waals surface area contributed by atoms with Gasteiger partial charge in [-0.1, -0.05) is 25.7 Å². The molecule has 4 nitrogen and oxygen atoms in total. The van der Waals surface area contributed by atoms with Gasteiger partial charge in [-0.15, -0.1) is 0 Å². The first-order valence-corrected chi connectivity index (χ1v) is 10.1. The van der Waals surface area contributed by atoms with Crippen LogP contribution in [0.2, 0.25) is 0 Å². The zero-order valence-electron chi connectivity index (χ0n) is 15.5. The number of piperidine rings is 1. The summed E-state index contributed by atoms with van der Waals surface area (Å²) in [7, 11) is 0. The van der Waals surface area contributed by atoms with Gasteiger partial charge in [0.15, 0.2) is 0 Å². The summed E-state index contributed by atoms with van der Waals surface area (Å²) in [6.45, 7) is 2.74. The summed E-state index contributed by atoms with van der Waals surface area (Å²) in [6, 6.07) is 6.89. The molecule has 1 aliphatic carbocycles. The van der Waals surface area contributed by atoms with E-state index in [2.05, 4.69) is 4.90 Å². The number of carbonyl (C=O) groups is 1. The van der Waals surface area contributed by atoms with Gasteiger partial charge in [0.25, 0.3) is 5.91 Å². The lowest BCUT2D eigenvalue weighted by molar-refractivity contribution is -0.147. The molecule has 1 atom stereocenters. The number of hydrogen-bond acceptors (Lipinski definition) is 3. The van der Waals surface area contributed by atoms with E-state index in [1.807, 2.05) is 0 Å². The number of hydrogen-bond donors (Lipinski definition) is 0. The molecule has 1 aromatic rings. The van der Waals surface area contributed by atoms with Crippen LogP contribution in [0.25, 0.3) is 0 Å². The van der Waals surface area contributed by atoms with Gasteiger partial charge < -0.3 is 9.64 Å². The van der Waals surface area contributed by atoms with Gasteiger partial charge in [-0.2, -0.15) is 0 Å². The molecule has 2 aliphatic heterocycles. The lowest BCUT2D eigenvalue weighted by Gasteiger charge is -2.49. The molecule has 3 aliphatic rings. The molecule has 2 saturated heterocycles. The van der Waals surface area contributed by atoms with E-state index in [0.29, 0.717) is 12.6 Å². The summed E-state index contributed by atoms with van der Waals surface area (Å²) in [4.78, 5) is 16.8. The van der Waals surface area contributed by atoms with Crippen molar-refractivity contribution in [2.24, 2.45) is 0 Å². The maximum absolute atomic E-state index is 13.3. The molecule has 3 fully saturated rings. The summed E-state index contributed by atoms with van der Waals surface area (Å²) >= 11 is 0. The van der Waals surface area contributed by atoms with Gasteiger partial charge in [-0.3, -0.25) is 9.69 Å². The predicted molar refractivity (Wildman–Crippen MR) is 99.7 cm³/mol. The fraction of sp³-hybridized carbons (Fsp3) is 0.667. The van der Waals surface area contributed by atoms with Gasteiger partial charge in [0.1, 0.15) is 12.4 Å². The van der Waals surface area contributed by atoms with Crippen LogP contribution in [-0.2, 0) is 9.53 Å². The number of amides is 1. The third-order valence-electron chi connectivity index (χ3n) is 6.30. The molecule has 2 heterocycles. The molecule has 1 aromatic carbocycles. The molecule has 142 valence electrons. The average molecular weight is 360 g/mol. The minimum absolute atomic E-state index is 0.0335. The third kappa shape index (κ3) is 3.79. The van der Waals surface area contributed by atoms with Crippen LogP contribution in [0, 0.1) is 5.82 Å². The summed E-state index contributed by atoms with van der Waals surface area (Å²) in [5.74, 6) is -0.310. The van der Waals surface area contributed by atoms with Crippen LogP contribution in [0.3, 0.4) is 0 Å². The molecule has 26 heavy (non-hydrogen) atoms. The van der Waals surface area contributed by atoms with Crippen molar-refractivity contribution in [3.8, 4) is 0 Å². The summed E-state index contributed by atoms with van der Waals surface area (Å²) in [5.41, 5.74) is 0.484. The molecule has 0 radical (unpaired) electrons. The van der Waals surface area contributed by atoms with E-state index in [1.165, 1.54) is 50.7 Å². The monoisotopic (exact) mass is 360 g/mol. The maximum Gasteiger partial charge on any atom is 0.253 e. The highest BCUT2D eigenvalue weighted by Crippen LogP contribution is 2.34. The fourth-order valence-corrected chi connectivity index (χ4v) is 4.89. The number of morpholine rings is 1. The van der Waals surface area contributed by atoms with Gasteiger partial charge >= 0.3 is 0 Å². The Morgan fingerprint density at radius 2 is 1.73 bits per heavy atom. The van der Waals surface area contributed by atoms with E-state index in [0.717, 1.165) is 31.6 Å². The number of nitrogens with zero attached hydrogens (tertiary/aromatic N) is 2. The van der Waals surface area contributed by atoms with E-state index in [1.54, 1.807) is 17.0 Å². The van der Waals surface area contributed by atoms with E-state index in [4.69, 9.17) is 4.74 Å². The molecule has 1 amide bonds. The zero-order chi connectivity index (χ0) is 18.0. The highest BCUT2D eigenvalue weighted by Gasteiger charge is 2.44.